The molecule has 152 valence electrons. The van der Waals surface area contributed by atoms with E-state index in [1.165, 1.54) is 19.6 Å². The molecule has 3 fully saturated rings. The highest BCUT2D eigenvalue weighted by Crippen LogP contribution is 2.46. The van der Waals surface area contributed by atoms with Gasteiger partial charge in [-0.1, -0.05) is 31.4 Å². The van der Waals surface area contributed by atoms with Crippen molar-refractivity contribution in [2.24, 2.45) is 17.8 Å². The molecule has 28 heavy (non-hydrogen) atoms. The number of amides is 1. The van der Waals surface area contributed by atoms with Crippen LogP contribution in [0.3, 0.4) is 0 Å². The predicted molar refractivity (Wildman–Crippen MR) is 103 cm³/mol. The van der Waals surface area contributed by atoms with Crippen LogP contribution < -0.4 is 0 Å². The fourth-order valence-corrected chi connectivity index (χ4v) is 5.44. The van der Waals surface area contributed by atoms with E-state index in [0.717, 1.165) is 44.3 Å². The lowest BCUT2D eigenvalue weighted by molar-refractivity contribution is -0.142. The minimum absolute atomic E-state index is 0.106. The molecule has 1 saturated carbocycles. The second-order valence-corrected chi connectivity index (χ2v) is 8.52. The van der Waals surface area contributed by atoms with Crippen LogP contribution in [0.5, 0.6) is 0 Å². The summed E-state index contributed by atoms with van der Waals surface area (Å²) < 4.78 is 18.8. The molecule has 3 atom stereocenters. The monoisotopic (exact) mass is 388 g/mol. The van der Waals surface area contributed by atoms with Crippen LogP contribution in [0, 0.1) is 23.6 Å². The molecule has 0 radical (unpaired) electrons. The number of fused-ring (bicyclic) bond motifs is 1. The molecule has 3 aliphatic rings. The molecule has 2 aliphatic heterocycles. The van der Waals surface area contributed by atoms with Gasteiger partial charge in [-0.15, -0.1) is 0 Å². The molecule has 1 aromatic carbocycles. The van der Waals surface area contributed by atoms with Crippen molar-refractivity contribution in [2.75, 3.05) is 33.3 Å². The molecule has 5 nitrogen and oxygen atoms in total. The summed E-state index contributed by atoms with van der Waals surface area (Å²) in [7, 11) is 1.40. The first kappa shape index (κ1) is 19.4. The number of carbonyl (C=O) groups excluding carboxylic acids is 2. The standard InChI is InChI=1S/C22H29FN2O3/c1-28-20(26)14-24-11-17-12-25(22(27)15-6-3-2-4-7-15)21(19(17)13-24)16-8-5-9-18(23)10-16/h5,8-10,15,17,19,21H,2-4,6-7,11-14H2,1H3/t17-,19-,21-/m0/s1. The van der Waals surface area contributed by atoms with Crippen LogP contribution in [0.2, 0.25) is 0 Å². The van der Waals surface area contributed by atoms with Crippen LogP contribution in [0.1, 0.15) is 43.7 Å². The topological polar surface area (TPSA) is 49.9 Å². The van der Waals surface area contributed by atoms with Gasteiger partial charge in [-0.2, -0.15) is 0 Å². The third kappa shape index (κ3) is 3.79. The average Bonchev–Trinajstić information content (AvgIpc) is 3.25. The molecule has 1 aromatic rings. The molecule has 0 bridgehead atoms. The zero-order valence-electron chi connectivity index (χ0n) is 16.5. The Hall–Kier alpha value is -1.95. The lowest BCUT2D eigenvalue weighted by Gasteiger charge is -2.33. The van der Waals surface area contributed by atoms with Gasteiger partial charge in [-0.3, -0.25) is 14.5 Å². The minimum Gasteiger partial charge on any atom is -0.468 e. The van der Waals surface area contributed by atoms with E-state index < -0.39 is 0 Å². The number of esters is 1. The summed E-state index contributed by atoms with van der Waals surface area (Å²) in [6.45, 7) is 2.48. The third-order valence-corrected chi connectivity index (χ3v) is 6.75. The number of halogens is 1. The highest BCUT2D eigenvalue weighted by molar-refractivity contribution is 5.80. The molecule has 0 unspecified atom stereocenters. The van der Waals surface area contributed by atoms with Crippen LogP contribution in [-0.4, -0.2) is 55.0 Å². The average molecular weight is 388 g/mol. The maximum absolute atomic E-state index is 14.0. The Balaban J connectivity index is 1.57. The molecule has 1 amide bonds. The van der Waals surface area contributed by atoms with Crippen molar-refractivity contribution in [3.05, 3.63) is 35.6 Å². The largest absolute Gasteiger partial charge is 0.468 e. The van der Waals surface area contributed by atoms with Crippen LogP contribution in [0.4, 0.5) is 4.39 Å². The van der Waals surface area contributed by atoms with E-state index in [2.05, 4.69) is 4.90 Å². The molecule has 1 aliphatic carbocycles. The minimum atomic E-state index is -0.268. The first-order valence-electron chi connectivity index (χ1n) is 10.4. The fraction of sp³-hybridized carbons (Fsp3) is 0.636. The maximum Gasteiger partial charge on any atom is 0.319 e. The zero-order chi connectivity index (χ0) is 19.7. The summed E-state index contributed by atoms with van der Waals surface area (Å²) >= 11 is 0. The van der Waals surface area contributed by atoms with Crippen molar-refractivity contribution in [1.82, 2.24) is 9.80 Å². The molecular formula is C22H29FN2O3. The van der Waals surface area contributed by atoms with E-state index in [1.54, 1.807) is 12.1 Å². The number of nitrogens with zero attached hydrogens (tertiary/aromatic N) is 2. The van der Waals surface area contributed by atoms with Crippen molar-refractivity contribution in [2.45, 2.75) is 38.1 Å². The first-order valence-corrected chi connectivity index (χ1v) is 10.4. The Labute approximate surface area is 165 Å². The zero-order valence-corrected chi connectivity index (χ0v) is 16.5. The highest BCUT2D eigenvalue weighted by atomic mass is 19.1. The van der Waals surface area contributed by atoms with Crippen LogP contribution >= 0.6 is 0 Å². The predicted octanol–water partition coefficient (Wildman–Crippen LogP) is 3.01. The number of ether oxygens (including phenoxy) is 1. The van der Waals surface area contributed by atoms with E-state index in [-0.39, 0.29) is 42.1 Å². The summed E-state index contributed by atoms with van der Waals surface area (Å²) in [5.74, 6) is 0.370. The van der Waals surface area contributed by atoms with Gasteiger partial charge in [-0.25, -0.2) is 4.39 Å². The van der Waals surface area contributed by atoms with E-state index >= 15 is 0 Å². The van der Waals surface area contributed by atoms with Gasteiger partial charge in [0.1, 0.15) is 5.82 Å². The Morgan fingerprint density at radius 1 is 1.14 bits per heavy atom. The molecule has 2 saturated heterocycles. The lowest BCUT2D eigenvalue weighted by atomic mass is 9.87. The normalized spacial score (nSPS) is 28.4. The molecule has 0 N–H and O–H groups in total. The number of likely N-dealkylation sites (tertiary alicyclic amines) is 2. The Morgan fingerprint density at radius 2 is 1.93 bits per heavy atom. The van der Waals surface area contributed by atoms with Gasteiger partial charge in [-0.05, 0) is 36.5 Å². The lowest BCUT2D eigenvalue weighted by Crippen LogP contribution is -2.40. The number of carbonyl (C=O) groups is 2. The van der Waals surface area contributed by atoms with Crippen LogP contribution in [0.15, 0.2) is 24.3 Å². The van der Waals surface area contributed by atoms with E-state index in [1.807, 2.05) is 11.0 Å². The molecule has 0 aromatic heterocycles. The molecule has 6 heteroatoms. The van der Waals surface area contributed by atoms with Crippen molar-refractivity contribution in [3.8, 4) is 0 Å². The van der Waals surface area contributed by atoms with E-state index in [0.29, 0.717) is 12.5 Å². The quantitative estimate of drug-likeness (QED) is 0.744. The van der Waals surface area contributed by atoms with Gasteiger partial charge >= 0.3 is 5.97 Å². The van der Waals surface area contributed by atoms with Gasteiger partial charge in [0.25, 0.3) is 0 Å². The van der Waals surface area contributed by atoms with Crippen molar-refractivity contribution < 1.29 is 18.7 Å². The Morgan fingerprint density at radius 3 is 2.64 bits per heavy atom. The fourth-order valence-electron chi connectivity index (χ4n) is 5.44. The molecule has 2 heterocycles. The summed E-state index contributed by atoms with van der Waals surface area (Å²) in [5.41, 5.74) is 0.872. The first-order chi connectivity index (χ1) is 13.6. The number of methoxy groups -OCH3 is 1. The van der Waals surface area contributed by atoms with Gasteiger partial charge in [0.15, 0.2) is 0 Å². The summed E-state index contributed by atoms with van der Waals surface area (Å²) in [6, 6.07) is 6.55. The van der Waals surface area contributed by atoms with Gasteiger partial charge in [0.05, 0.1) is 19.7 Å². The van der Waals surface area contributed by atoms with Crippen LogP contribution in [-0.2, 0) is 14.3 Å². The Kier molecular flexibility index (Phi) is 5.67. The van der Waals surface area contributed by atoms with Crippen molar-refractivity contribution in [1.29, 1.82) is 0 Å². The van der Waals surface area contributed by atoms with Crippen molar-refractivity contribution in [3.63, 3.8) is 0 Å². The SMILES string of the molecule is COC(=O)CN1C[C@H]2CN(C(=O)C3CCCCC3)[C@@H](c3cccc(F)c3)[C@H]2C1. The number of benzene rings is 1. The number of hydrogen-bond acceptors (Lipinski definition) is 4. The molecule has 0 spiro atoms. The van der Waals surface area contributed by atoms with Gasteiger partial charge in [0.2, 0.25) is 5.91 Å². The second kappa shape index (κ2) is 8.19. The van der Waals surface area contributed by atoms with Crippen molar-refractivity contribution >= 4 is 11.9 Å². The smallest absolute Gasteiger partial charge is 0.319 e. The maximum atomic E-state index is 14.0. The van der Waals surface area contributed by atoms with Gasteiger partial charge in [0, 0.05) is 31.5 Å². The Bertz CT molecular complexity index is 734. The molecular weight excluding hydrogens is 359 g/mol. The highest BCUT2D eigenvalue weighted by Gasteiger charge is 2.50. The number of rotatable bonds is 4. The van der Waals surface area contributed by atoms with Crippen LogP contribution in [0.25, 0.3) is 0 Å². The van der Waals surface area contributed by atoms with Gasteiger partial charge < -0.3 is 9.64 Å². The second-order valence-electron chi connectivity index (χ2n) is 8.52. The third-order valence-electron chi connectivity index (χ3n) is 6.75. The summed E-state index contributed by atoms with van der Waals surface area (Å²) in [5, 5.41) is 0. The van der Waals surface area contributed by atoms with E-state index in [4.69, 9.17) is 4.74 Å². The summed E-state index contributed by atoms with van der Waals surface area (Å²) in [4.78, 5) is 29.2. The van der Waals surface area contributed by atoms with E-state index in [9.17, 15) is 14.0 Å². The molecule has 4 rings (SSSR count). The summed E-state index contributed by atoms with van der Waals surface area (Å²) in [6.07, 6.45) is 5.39. The number of hydrogen-bond donors (Lipinski definition) is 0.